The molecule has 0 aliphatic rings. The number of aromatic nitrogens is 1. The summed E-state index contributed by atoms with van der Waals surface area (Å²) in [6, 6.07) is 3.04. The van der Waals surface area contributed by atoms with E-state index in [1.165, 1.54) is 23.5 Å². The van der Waals surface area contributed by atoms with Gasteiger partial charge in [0.05, 0.1) is 11.0 Å². The van der Waals surface area contributed by atoms with Crippen LogP contribution in [0.2, 0.25) is 0 Å². The van der Waals surface area contributed by atoms with Crippen molar-refractivity contribution in [1.82, 2.24) is 10.4 Å². The third-order valence-electron chi connectivity index (χ3n) is 2.40. The van der Waals surface area contributed by atoms with Gasteiger partial charge in [-0.1, -0.05) is 6.07 Å². The van der Waals surface area contributed by atoms with E-state index in [-0.39, 0.29) is 0 Å². The molecule has 0 saturated heterocycles. The minimum atomic E-state index is -0.607. The first-order valence-electron chi connectivity index (χ1n) is 5.00. The zero-order valence-electron chi connectivity index (χ0n) is 8.86. The molecular formula is C11H11F2N3S. The van der Waals surface area contributed by atoms with E-state index in [2.05, 4.69) is 10.4 Å². The Hall–Kier alpha value is -1.37. The van der Waals surface area contributed by atoms with Crippen molar-refractivity contribution < 1.29 is 8.78 Å². The van der Waals surface area contributed by atoms with E-state index in [1.54, 1.807) is 6.20 Å². The van der Waals surface area contributed by atoms with Crippen molar-refractivity contribution in [3.8, 4) is 0 Å². The maximum atomic E-state index is 13.6. The van der Waals surface area contributed by atoms with E-state index in [4.69, 9.17) is 5.84 Å². The molecule has 6 heteroatoms. The van der Waals surface area contributed by atoms with Gasteiger partial charge in [0.15, 0.2) is 0 Å². The summed E-state index contributed by atoms with van der Waals surface area (Å²) in [6.45, 7) is 0. The van der Waals surface area contributed by atoms with Crippen LogP contribution in [0.25, 0.3) is 0 Å². The number of halogens is 2. The van der Waals surface area contributed by atoms with Gasteiger partial charge >= 0.3 is 0 Å². The second-order valence-electron chi connectivity index (χ2n) is 3.52. The van der Waals surface area contributed by atoms with E-state index in [0.29, 0.717) is 12.0 Å². The van der Waals surface area contributed by atoms with Crippen molar-refractivity contribution in [1.29, 1.82) is 0 Å². The number of hydrogen-bond acceptors (Lipinski definition) is 4. The highest BCUT2D eigenvalue weighted by atomic mass is 32.1. The van der Waals surface area contributed by atoms with E-state index >= 15 is 0 Å². The van der Waals surface area contributed by atoms with Crippen LogP contribution in [-0.2, 0) is 6.42 Å². The molecule has 90 valence electrons. The largest absolute Gasteiger partial charge is 0.271 e. The highest BCUT2D eigenvalue weighted by Crippen LogP contribution is 2.22. The second-order valence-corrected chi connectivity index (χ2v) is 4.49. The van der Waals surface area contributed by atoms with Crippen molar-refractivity contribution in [3.05, 3.63) is 52.0 Å². The lowest BCUT2D eigenvalue weighted by molar-refractivity contribution is 0.502. The summed E-state index contributed by atoms with van der Waals surface area (Å²) in [5.41, 5.74) is 2.86. The fourth-order valence-electron chi connectivity index (χ4n) is 1.57. The van der Waals surface area contributed by atoms with Crippen molar-refractivity contribution >= 4 is 11.3 Å². The lowest BCUT2D eigenvalue weighted by Gasteiger charge is -2.15. The first kappa shape index (κ1) is 12.1. The number of benzene rings is 1. The Morgan fingerprint density at radius 2 is 2.24 bits per heavy atom. The zero-order chi connectivity index (χ0) is 12.3. The van der Waals surface area contributed by atoms with Crippen molar-refractivity contribution in [2.75, 3.05) is 0 Å². The van der Waals surface area contributed by atoms with Crippen LogP contribution in [0.5, 0.6) is 0 Å². The van der Waals surface area contributed by atoms with E-state index in [0.717, 1.165) is 11.1 Å². The van der Waals surface area contributed by atoms with Gasteiger partial charge in [-0.2, -0.15) is 0 Å². The number of hydrazine groups is 1. The molecule has 1 aromatic carbocycles. The molecule has 17 heavy (non-hydrogen) atoms. The maximum absolute atomic E-state index is 13.6. The normalized spacial score (nSPS) is 12.6. The predicted molar refractivity (Wildman–Crippen MR) is 62.2 cm³/mol. The topological polar surface area (TPSA) is 50.9 Å². The Kier molecular flexibility index (Phi) is 3.78. The van der Waals surface area contributed by atoms with Gasteiger partial charge in [0, 0.05) is 29.6 Å². The summed E-state index contributed by atoms with van der Waals surface area (Å²) in [5, 5.41) is 2.68. The van der Waals surface area contributed by atoms with Gasteiger partial charge < -0.3 is 0 Å². The molecule has 1 aromatic heterocycles. The standard InChI is InChI=1S/C11H11F2N3S/c12-7-1-2-8(9(13)5-7)10(16-14)6-11-15-3-4-17-11/h1-5,10,16H,6,14H2. The molecule has 1 atom stereocenters. The summed E-state index contributed by atoms with van der Waals surface area (Å²) >= 11 is 1.47. The van der Waals surface area contributed by atoms with Gasteiger partial charge in [0.1, 0.15) is 11.6 Å². The van der Waals surface area contributed by atoms with E-state index < -0.39 is 17.7 Å². The molecule has 1 unspecified atom stereocenters. The second kappa shape index (κ2) is 5.31. The van der Waals surface area contributed by atoms with Crippen LogP contribution in [0.3, 0.4) is 0 Å². The number of nitrogens with one attached hydrogen (secondary N) is 1. The highest BCUT2D eigenvalue weighted by Gasteiger charge is 2.16. The summed E-state index contributed by atoms with van der Waals surface area (Å²) in [5.74, 6) is 4.19. The first-order valence-corrected chi connectivity index (χ1v) is 5.88. The molecular weight excluding hydrogens is 244 g/mol. The lowest BCUT2D eigenvalue weighted by atomic mass is 10.0. The summed E-state index contributed by atoms with van der Waals surface area (Å²) < 4.78 is 26.4. The van der Waals surface area contributed by atoms with Crippen molar-refractivity contribution in [2.24, 2.45) is 5.84 Å². The molecule has 0 aliphatic heterocycles. The molecule has 0 aliphatic carbocycles. The first-order chi connectivity index (χ1) is 8.20. The summed E-state index contributed by atoms with van der Waals surface area (Å²) in [6.07, 6.45) is 2.14. The molecule has 3 nitrogen and oxygen atoms in total. The third kappa shape index (κ3) is 2.85. The number of thiazole rings is 1. The molecule has 0 radical (unpaired) electrons. The average molecular weight is 255 g/mol. The fourth-order valence-corrected chi connectivity index (χ4v) is 2.23. The molecule has 0 spiro atoms. The molecule has 0 saturated carbocycles. The van der Waals surface area contributed by atoms with Crippen molar-refractivity contribution in [2.45, 2.75) is 12.5 Å². The molecule has 1 heterocycles. The van der Waals surface area contributed by atoms with Gasteiger partial charge in [-0.05, 0) is 6.07 Å². The van der Waals surface area contributed by atoms with Crippen LogP contribution < -0.4 is 11.3 Å². The Labute approximate surface area is 101 Å². The van der Waals surface area contributed by atoms with Gasteiger partial charge in [0.2, 0.25) is 0 Å². The SMILES string of the molecule is NNC(Cc1nccs1)c1ccc(F)cc1F. The van der Waals surface area contributed by atoms with Gasteiger partial charge in [0.25, 0.3) is 0 Å². The molecule has 2 rings (SSSR count). The third-order valence-corrected chi connectivity index (χ3v) is 3.20. The predicted octanol–water partition coefficient (Wildman–Crippen LogP) is 2.17. The monoisotopic (exact) mass is 255 g/mol. The van der Waals surface area contributed by atoms with Gasteiger partial charge in [-0.15, -0.1) is 11.3 Å². The zero-order valence-corrected chi connectivity index (χ0v) is 9.68. The fraction of sp³-hybridized carbons (Fsp3) is 0.182. The Morgan fingerprint density at radius 1 is 1.41 bits per heavy atom. The Bertz CT molecular complexity index is 487. The van der Waals surface area contributed by atoms with E-state index in [9.17, 15) is 8.78 Å². The molecule has 0 bridgehead atoms. The van der Waals surface area contributed by atoms with Gasteiger partial charge in [-0.3, -0.25) is 11.3 Å². The lowest BCUT2D eigenvalue weighted by Crippen LogP contribution is -2.30. The number of nitrogens with two attached hydrogens (primary N) is 1. The van der Waals surface area contributed by atoms with Crippen LogP contribution >= 0.6 is 11.3 Å². The quantitative estimate of drug-likeness (QED) is 0.650. The average Bonchev–Trinajstić information content (AvgIpc) is 2.79. The van der Waals surface area contributed by atoms with Crippen LogP contribution in [0.4, 0.5) is 8.78 Å². The highest BCUT2D eigenvalue weighted by molar-refractivity contribution is 7.09. The summed E-state index contributed by atoms with van der Waals surface area (Å²) in [4.78, 5) is 4.10. The van der Waals surface area contributed by atoms with Crippen LogP contribution in [0, 0.1) is 11.6 Å². The maximum Gasteiger partial charge on any atom is 0.130 e. The number of hydrogen-bond donors (Lipinski definition) is 2. The van der Waals surface area contributed by atoms with E-state index in [1.807, 2.05) is 5.38 Å². The minimum Gasteiger partial charge on any atom is -0.271 e. The van der Waals surface area contributed by atoms with Gasteiger partial charge in [-0.25, -0.2) is 13.8 Å². The Morgan fingerprint density at radius 3 is 2.82 bits per heavy atom. The smallest absolute Gasteiger partial charge is 0.130 e. The Balaban J connectivity index is 2.23. The molecule has 0 amide bonds. The van der Waals surface area contributed by atoms with Crippen LogP contribution in [0.15, 0.2) is 29.8 Å². The molecule has 2 aromatic rings. The summed E-state index contributed by atoms with van der Waals surface area (Å²) in [7, 11) is 0. The number of rotatable bonds is 4. The molecule has 3 N–H and O–H groups in total. The number of nitrogens with zero attached hydrogens (tertiary/aromatic N) is 1. The van der Waals surface area contributed by atoms with Crippen molar-refractivity contribution in [3.63, 3.8) is 0 Å². The minimum absolute atomic E-state index is 0.337. The van der Waals surface area contributed by atoms with Crippen LogP contribution in [-0.4, -0.2) is 4.98 Å². The molecule has 0 fully saturated rings. The van der Waals surface area contributed by atoms with Crippen LogP contribution in [0.1, 0.15) is 16.6 Å².